The zero-order valence-corrected chi connectivity index (χ0v) is 16.1. The summed E-state index contributed by atoms with van der Waals surface area (Å²) in [6.45, 7) is 1.87. The number of rotatable bonds is 7. The molecule has 3 aromatic rings. The zero-order valence-electron chi connectivity index (χ0n) is 15.3. The van der Waals surface area contributed by atoms with Crippen LogP contribution in [0.15, 0.2) is 53.7 Å². The molecule has 7 nitrogen and oxygen atoms in total. The molecule has 140 valence electrons. The molecule has 0 aliphatic rings. The second kappa shape index (κ2) is 8.59. The molecule has 1 heterocycles. The van der Waals surface area contributed by atoms with Gasteiger partial charge in [-0.1, -0.05) is 11.8 Å². The lowest BCUT2D eigenvalue weighted by Gasteiger charge is -2.09. The van der Waals surface area contributed by atoms with Gasteiger partial charge in [0.1, 0.15) is 17.3 Å². The van der Waals surface area contributed by atoms with Gasteiger partial charge in [0.05, 0.1) is 20.0 Å². The SMILES string of the molecule is COc1ccc(NC(=O)CSc2nnc(C)n2-c2ccc(OC)cc2)cc1. The number of anilines is 1. The normalized spacial score (nSPS) is 10.5. The van der Waals surface area contributed by atoms with Crippen LogP contribution in [0, 0.1) is 6.92 Å². The lowest BCUT2D eigenvalue weighted by atomic mass is 10.3. The highest BCUT2D eigenvalue weighted by Gasteiger charge is 2.13. The average Bonchev–Trinajstić information content (AvgIpc) is 3.07. The Morgan fingerprint density at radius 1 is 1.00 bits per heavy atom. The molecule has 0 atom stereocenters. The smallest absolute Gasteiger partial charge is 0.234 e. The number of methoxy groups -OCH3 is 2. The van der Waals surface area contributed by atoms with Crippen molar-refractivity contribution in [2.24, 2.45) is 0 Å². The van der Waals surface area contributed by atoms with Gasteiger partial charge >= 0.3 is 0 Å². The minimum Gasteiger partial charge on any atom is -0.497 e. The molecule has 0 bridgehead atoms. The number of benzene rings is 2. The Labute approximate surface area is 161 Å². The first-order chi connectivity index (χ1) is 13.1. The van der Waals surface area contributed by atoms with Crippen LogP contribution in [0.25, 0.3) is 5.69 Å². The molecule has 0 saturated carbocycles. The summed E-state index contributed by atoms with van der Waals surface area (Å²) >= 11 is 1.33. The molecule has 1 amide bonds. The standard InChI is InChI=1S/C19H20N4O3S/c1-13-21-22-19(23(13)15-6-10-17(26-3)11-7-15)27-12-18(24)20-14-4-8-16(25-2)9-5-14/h4-11H,12H2,1-3H3,(H,20,24). The lowest BCUT2D eigenvalue weighted by Crippen LogP contribution is -2.14. The van der Waals surface area contributed by atoms with Crippen molar-refractivity contribution in [3.05, 3.63) is 54.4 Å². The van der Waals surface area contributed by atoms with Gasteiger partial charge in [0.2, 0.25) is 5.91 Å². The van der Waals surface area contributed by atoms with Crippen molar-refractivity contribution in [2.75, 3.05) is 25.3 Å². The minimum atomic E-state index is -0.118. The maximum absolute atomic E-state index is 12.2. The maximum Gasteiger partial charge on any atom is 0.234 e. The molecule has 0 spiro atoms. The molecule has 8 heteroatoms. The Kier molecular flexibility index (Phi) is 5.97. The van der Waals surface area contributed by atoms with Crippen molar-refractivity contribution >= 4 is 23.4 Å². The predicted octanol–water partition coefficient (Wildman–Crippen LogP) is 3.32. The fourth-order valence-electron chi connectivity index (χ4n) is 2.47. The molecule has 0 saturated heterocycles. The molecule has 0 radical (unpaired) electrons. The molecule has 2 aromatic carbocycles. The zero-order chi connectivity index (χ0) is 19.2. The number of nitrogens with zero attached hydrogens (tertiary/aromatic N) is 3. The van der Waals surface area contributed by atoms with Gasteiger partial charge in [0, 0.05) is 11.4 Å². The van der Waals surface area contributed by atoms with Gasteiger partial charge < -0.3 is 14.8 Å². The number of aryl methyl sites for hydroxylation is 1. The summed E-state index contributed by atoms with van der Waals surface area (Å²) in [5, 5.41) is 11.8. The van der Waals surface area contributed by atoms with Crippen molar-refractivity contribution in [3.8, 4) is 17.2 Å². The largest absolute Gasteiger partial charge is 0.497 e. The van der Waals surface area contributed by atoms with Crippen molar-refractivity contribution < 1.29 is 14.3 Å². The van der Waals surface area contributed by atoms with Crippen LogP contribution in [0.3, 0.4) is 0 Å². The average molecular weight is 384 g/mol. The number of carbonyl (C=O) groups excluding carboxylic acids is 1. The Morgan fingerprint density at radius 3 is 2.19 bits per heavy atom. The number of hydrogen-bond acceptors (Lipinski definition) is 6. The predicted molar refractivity (Wildman–Crippen MR) is 105 cm³/mol. The molecule has 1 aromatic heterocycles. The van der Waals surface area contributed by atoms with Crippen molar-refractivity contribution in [3.63, 3.8) is 0 Å². The van der Waals surface area contributed by atoms with Crippen LogP contribution in [-0.2, 0) is 4.79 Å². The molecule has 0 fully saturated rings. The van der Waals surface area contributed by atoms with Crippen LogP contribution in [0.1, 0.15) is 5.82 Å². The highest BCUT2D eigenvalue weighted by atomic mass is 32.2. The first-order valence-corrected chi connectivity index (χ1v) is 9.22. The third kappa shape index (κ3) is 4.59. The van der Waals surface area contributed by atoms with E-state index in [1.807, 2.05) is 35.8 Å². The van der Waals surface area contributed by atoms with Gasteiger partial charge in [-0.2, -0.15) is 0 Å². The van der Waals surface area contributed by atoms with E-state index in [1.165, 1.54) is 11.8 Å². The highest BCUT2D eigenvalue weighted by molar-refractivity contribution is 7.99. The van der Waals surface area contributed by atoms with Gasteiger partial charge in [-0.15, -0.1) is 10.2 Å². The van der Waals surface area contributed by atoms with Gasteiger partial charge in [-0.25, -0.2) is 0 Å². The summed E-state index contributed by atoms with van der Waals surface area (Å²) in [5.41, 5.74) is 1.63. The highest BCUT2D eigenvalue weighted by Crippen LogP contribution is 2.24. The van der Waals surface area contributed by atoms with Crippen LogP contribution in [0.4, 0.5) is 5.69 Å². The summed E-state index contributed by atoms with van der Waals surface area (Å²) in [4.78, 5) is 12.2. The molecular formula is C19H20N4O3S. The molecular weight excluding hydrogens is 364 g/mol. The van der Waals surface area contributed by atoms with Gasteiger partial charge in [-0.3, -0.25) is 9.36 Å². The van der Waals surface area contributed by atoms with Gasteiger partial charge in [0.15, 0.2) is 5.16 Å². The van der Waals surface area contributed by atoms with E-state index in [9.17, 15) is 4.79 Å². The Balaban J connectivity index is 1.66. The number of hydrogen-bond donors (Lipinski definition) is 1. The van der Waals surface area contributed by atoms with E-state index < -0.39 is 0 Å². The quantitative estimate of drug-likeness (QED) is 0.630. The number of carbonyl (C=O) groups is 1. The van der Waals surface area contributed by atoms with Crippen LogP contribution >= 0.6 is 11.8 Å². The first kappa shape index (κ1) is 18.8. The van der Waals surface area contributed by atoms with Crippen LogP contribution in [0.5, 0.6) is 11.5 Å². The summed E-state index contributed by atoms with van der Waals surface area (Å²) < 4.78 is 12.2. The van der Waals surface area contributed by atoms with Crippen molar-refractivity contribution in [2.45, 2.75) is 12.1 Å². The van der Waals surface area contributed by atoms with E-state index >= 15 is 0 Å². The molecule has 1 N–H and O–H groups in total. The van der Waals surface area contributed by atoms with E-state index in [2.05, 4.69) is 15.5 Å². The number of ether oxygens (including phenoxy) is 2. The molecule has 0 aliphatic heterocycles. The van der Waals surface area contributed by atoms with Crippen LogP contribution in [0.2, 0.25) is 0 Å². The van der Waals surface area contributed by atoms with Crippen molar-refractivity contribution in [1.82, 2.24) is 14.8 Å². The second-order valence-corrected chi connectivity index (χ2v) is 6.57. The monoisotopic (exact) mass is 384 g/mol. The molecule has 0 unspecified atom stereocenters. The summed E-state index contributed by atoms with van der Waals surface area (Å²) in [6.07, 6.45) is 0. The van der Waals surface area contributed by atoms with Gasteiger partial charge in [0.25, 0.3) is 0 Å². The Hall–Kier alpha value is -3.00. The molecule has 3 rings (SSSR count). The topological polar surface area (TPSA) is 78.3 Å². The van der Waals surface area contributed by atoms with E-state index in [1.54, 1.807) is 38.5 Å². The van der Waals surface area contributed by atoms with Crippen LogP contribution < -0.4 is 14.8 Å². The number of nitrogens with one attached hydrogen (secondary N) is 1. The Bertz CT molecular complexity index is 908. The minimum absolute atomic E-state index is 0.118. The Morgan fingerprint density at radius 2 is 1.59 bits per heavy atom. The number of aromatic nitrogens is 3. The van der Waals surface area contributed by atoms with E-state index in [0.29, 0.717) is 10.8 Å². The number of thioether (sulfide) groups is 1. The summed E-state index contributed by atoms with van der Waals surface area (Å²) in [5.74, 6) is 2.37. The first-order valence-electron chi connectivity index (χ1n) is 8.24. The second-order valence-electron chi connectivity index (χ2n) is 5.63. The third-order valence-electron chi connectivity index (χ3n) is 3.83. The van der Waals surface area contributed by atoms with E-state index in [4.69, 9.17) is 9.47 Å². The van der Waals surface area contributed by atoms with Crippen LogP contribution in [-0.4, -0.2) is 40.6 Å². The number of amides is 1. The fraction of sp³-hybridized carbons (Fsp3) is 0.211. The summed E-state index contributed by atoms with van der Waals surface area (Å²) in [6, 6.07) is 14.8. The fourth-order valence-corrected chi connectivity index (χ4v) is 3.26. The molecule has 0 aliphatic carbocycles. The lowest BCUT2D eigenvalue weighted by molar-refractivity contribution is -0.113. The third-order valence-corrected chi connectivity index (χ3v) is 4.76. The van der Waals surface area contributed by atoms with E-state index in [0.717, 1.165) is 23.0 Å². The van der Waals surface area contributed by atoms with E-state index in [-0.39, 0.29) is 11.7 Å². The van der Waals surface area contributed by atoms with Gasteiger partial charge in [-0.05, 0) is 55.5 Å². The summed E-state index contributed by atoms with van der Waals surface area (Å²) in [7, 11) is 3.23. The maximum atomic E-state index is 12.2. The molecule has 27 heavy (non-hydrogen) atoms. The van der Waals surface area contributed by atoms with Crippen molar-refractivity contribution in [1.29, 1.82) is 0 Å².